The summed E-state index contributed by atoms with van der Waals surface area (Å²) < 4.78 is 13.3. The second kappa shape index (κ2) is 7.67. The van der Waals surface area contributed by atoms with Crippen molar-refractivity contribution in [2.45, 2.75) is 26.8 Å². The molecule has 0 unspecified atom stereocenters. The number of nitrogens with zero attached hydrogens (tertiary/aromatic N) is 2. The Kier molecular flexibility index (Phi) is 6.16. The van der Waals surface area contributed by atoms with E-state index in [9.17, 15) is 4.39 Å². The molecule has 0 saturated carbocycles. The van der Waals surface area contributed by atoms with Crippen molar-refractivity contribution in [3.8, 4) is 12.3 Å². The molecule has 0 atom stereocenters. The van der Waals surface area contributed by atoms with Gasteiger partial charge in [-0.2, -0.15) is 0 Å². The van der Waals surface area contributed by atoms with Gasteiger partial charge in [0.05, 0.1) is 12.7 Å². The second-order valence-corrected chi connectivity index (χ2v) is 4.03. The number of nitrogens with one attached hydrogen (secondary N) is 1. The van der Waals surface area contributed by atoms with Crippen molar-refractivity contribution >= 4 is 5.82 Å². The number of hydrogen-bond donors (Lipinski definition) is 1. The van der Waals surface area contributed by atoms with Crippen molar-refractivity contribution in [2.75, 3.05) is 24.5 Å². The zero-order chi connectivity index (χ0) is 13.4. The van der Waals surface area contributed by atoms with Crippen LogP contribution in [0.1, 0.15) is 25.8 Å². The first-order chi connectivity index (χ1) is 8.72. The number of aromatic nitrogens is 1. The van der Waals surface area contributed by atoms with Crippen LogP contribution in [0.3, 0.4) is 0 Å². The Balaban J connectivity index is 2.91. The fraction of sp³-hybridized carbons (Fsp3) is 0.500. The molecule has 0 bridgehead atoms. The van der Waals surface area contributed by atoms with E-state index in [4.69, 9.17) is 6.42 Å². The largest absolute Gasteiger partial charge is 0.345 e. The lowest BCUT2D eigenvalue weighted by Gasteiger charge is -2.22. The molecular formula is C14H20FN3. The lowest BCUT2D eigenvalue weighted by Crippen LogP contribution is -2.27. The molecule has 4 heteroatoms. The third-order valence-corrected chi connectivity index (χ3v) is 2.62. The third kappa shape index (κ3) is 4.01. The van der Waals surface area contributed by atoms with Gasteiger partial charge >= 0.3 is 0 Å². The number of terminal acetylenes is 1. The molecule has 0 spiro atoms. The van der Waals surface area contributed by atoms with Gasteiger partial charge in [-0.1, -0.05) is 12.8 Å². The summed E-state index contributed by atoms with van der Waals surface area (Å²) in [6.45, 7) is 6.84. The van der Waals surface area contributed by atoms with Gasteiger partial charge < -0.3 is 10.2 Å². The van der Waals surface area contributed by atoms with Crippen molar-refractivity contribution in [3.05, 3.63) is 23.6 Å². The molecule has 0 fully saturated rings. The Morgan fingerprint density at radius 1 is 1.50 bits per heavy atom. The second-order valence-electron chi connectivity index (χ2n) is 4.03. The molecule has 0 aromatic carbocycles. The number of pyridine rings is 1. The van der Waals surface area contributed by atoms with Gasteiger partial charge in [0.25, 0.3) is 0 Å². The highest BCUT2D eigenvalue weighted by Gasteiger charge is 2.11. The number of anilines is 1. The van der Waals surface area contributed by atoms with Gasteiger partial charge in [0, 0.05) is 18.7 Å². The summed E-state index contributed by atoms with van der Waals surface area (Å²) in [5, 5.41) is 3.26. The smallest absolute Gasteiger partial charge is 0.141 e. The maximum Gasteiger partial charge on any atom is 0.141 e. The molecule has 0 radical (unpaired) electrons. The van der Waals surface area contributed by atoms with Crippen LogP contribution in [0.2, 0.25) is 0 Å². The first kappa shape index (κ1) is 14.5. The van der Waals surface area contributed by atoms with Crippen molar-refractivity contribution in [3.63, 3.8) is 0 Å². The van der Waals surface area contributed by atoms with Crippen LogP contribution in [0.5, 0.6) is 0 Å². The molecule has 0 amide bonds. The Morgan fingerprint density at radius 2 is 2.28 bits per heavy atom. The highest BCUT2D eigenvalue weighted by molar-refractivity contribution is 5.47. The van der Waals surface area contributed by atoms with Gasteiger partial charge in [0.2, 0.25) is 0 Å². The summed E-state index contributed by atoms with van der Waals surface area (Å²) in [5.74, 6) is 3.05. The van der Waals surface area contributed by atoms with Crippen LogP contribution in [-0.4, -0.2) is 24.6 Å². The van der Waals surface area contributed by atoms with Crippen molar-refractivity contribution in [1.29, 1.82) is 0 Å². The molecule has 0 saturated heterocycles. The van der Waals surface area contributed by atoms with Crippen LogP contribution in [0.4, 0.5) is 10.2 Å². The van der Waals surface area contributed by atoms with E-state index < -0.39 is 0 Å². The van der Waals surface area contributed by atoms with E-state index in [1.807, 2.05) is 11.8 Å². The normalized spacial score (nSPS) is 10.1. The van der Waals surface area contributed by atoms with Crippen LogP contribution in [0, 0.1) is 18.2 Å². The molecule has 0 aliphatic rings. The molecule has 1 heterocycles. The third-order valence-electron chi connectivity index (χ3n) is 2.62. The molecule has 98 valence electrons. The van der Waals surface area contributed by atoms with Crippen molar-refractivity contribution in [2.24, 2.45) is 0 Å². The van der Waals surface area contributed by atoms with E-state index in [0.717, 1.165) is 30.9 Å². The van der Waals surface area contributed by atoms with E-state index in [1.165, 1.54) is 12.3 Å². The molecule has 1 rings (SSSR count). The van der Waals surface area contributed by atoms with E-state index in [-0.39, 0.29) is 5.82 Å². The average molecular weight is 249 g/mol. The molecule has 0 aliphatic carbocycles. The highest BCUT2D eigenvalue weighted by Crippen LogP contribution is 2.18. The van der Waals surface area contributed by atoms with Gasteiger partial charge in [-0.15, -0.1) is 6.42 Å². The molecule has 0 aliphatic heterocycles. The molecule has 3 nitrogen and oxygen atoms in total. The number of rotatable bonds is 7. The highest BCUT2D eigenvalue weighted by atomic mass is 19.1. The van der Waals surface area contributed by atoms with Crippen molar-refractivity contribution in [1.82, 2.24) is 10.3 Å². The summed E-state index contributed by atoms with van der Waals surface area (Å²) in [5.41, 5.74) is 0.848. The molecule has 1 aromatic rings. The molecule has 1 aromatic heterocycles. The Hall–Kier alpha value is -1.60. The summed E-state index contributed by atoms with van der Waals surface area (Å²) in [4.78, 5) is 6.12. The summed E-state index contributed by atoms with van der Waals surface area (Å²) in [6, 6.07) is 1.52. The Bertz CT molecular complexity index is 412. The minimum absolute atomic E-state index is 0.316. The minimum atomic E-state index is -0.316. The average Bonchev–Trinajstić information content (AvgIpc) is 2.37. The lowest BCUT2D eigenvalue weighted by atomic mass is 10.2. The van der Waals surface area contributed by atoms with Crippen LogP contribution >= 0.6 is 0 Å². The Labute approximate surface area is 108 Å². The Morgan fingerprint density at radius 3 is 2.89 bits per heavy atom. The number of hydrogen-bond acceptors (Lipinski definition) is 3. The fourth-order valence-electron chi connectivity index (χ4n) is 1.74. The van der Waals surface area contributed by atoms with Crippen LogP contribution in [0.15, 0.2) is 12.3 Å². The van der Waals surface area contributed by atoms with Gasteiger partial charge in [-0.25, -0.2) is 9.37 Å². The zero-order valence-corrected chi connectivity index (χ0v) is 11.0. The predicted octanol–water partition coefficient (Wildman–Crippen LogP) is 2.18. The van der Waals surface area contributed by atoms with Crippen LogP contribution < -0.4 is 10.2 Å². The maximum atomic E-state index is 13.3. The van der Waals surface area contributed by atoms with Crippen molar-refractivity contribution < 1.29 is 4.39 Å². The maximum absolute atomic E-state index is 13.3. The van der Waals surface area contributed by atoms with E-state index >= 15 is 0 Å². The van der Waals surface area contributed by atoms with Crippen LogP contribution in [0.25, 0.3) is 0 Å². The quantitative estimate of drug-likeness (QED) is 0.593. The lowest BCUT2D eigenvalue weighted by molar-refractivity contribution is 0.610. The van der Waals surface area contributed by atoms with Gasteiger partial charge in [-0.3, -0.25) is 0 Å². The van der Waals surface area contributed by atoms with Gasteiger partial charge in [0.15, 0.2) is 0 Å². The van der Waals surface area contributed by atoms with E-state index in [1.54, 1.807) is 0 Å². The topological polar surface area (TPSA) is 28.2 Å². The monoisotopic (exact) mass is 249 g/mol. The summed E-state index contributed by atoms with van der Waals surface area (Å²) in [7, 11) is 0. The van der Waals surface area contributed by atoms with Gasteiger partial charge in [-0.05, 0) is 26.0 Å². The summed E-state index contributed by atoms with van der Waals surface area (Å²) >= 11 is 0. The zero-order valence-electron chi connectivity index (χ0n) is 11.0. The number of halogens is 1. The molecular weight excluding hydrogens is 229 g/mol. The standard InChI is InChI=1S/C14H20FN3/c1-4-7-16-10-12-9-13(15)11-17-14(12)18(6-3)8-5-2/h2,9,11,16H,4,6-8,10H2,1,3H3. The van der Waals surface area contributed by atoms with E-state index in [2.05, 4.69) is 23.1 Å². The first-order valence-electron chi connectivity index (χ1n) is 6.26. The summed E-state index contributed by atoms with van der Waals surface area (Å²) in [6.07, 6.45) is 7.61. The molecule has 18 heavy (non-hydrogen) atoms. The fourth-order valence-corrected chi connectivity index (χ4v) is 1.74. The molecule has 1 N–H and O–H groups in total. The van der Waals surface area contributed by atoms with Gasteiger partial charge in [0.1, 0.15) is 11.6 Å². The first-order valence-corrected chi connectivity index (χ1v) is 6.26. The van der Waals surface area contributed by atoms with Crippen LogP contribution in [-0.2, 0) is 6.54 Å². The SMILES string of the molecule is C#CCN(CC)c1ncc(F)cc1CNCCC. The predicted molar refractivity (Wildman–Crippen MR) is 72.9 cm³/mol. The van der Waals surface area contributed by atoms with E-state index in [0.29, 0.717) is 13.1 Å². The minimum Gasteiger partial charge on any atom is -0.345 e.